The van der Waals surface area contributed by atoms with Crippen LogP contribution in [0, 0.1) is 0 Å². The molecule has 4 aromatic rings. The first-order chi connectivity index (χ1) is 19.8. The molecular weight excluding hydrogens is 524 g/mol. The second-order valence-electron chi connectivity index (χ2n) is 9.42. The van der Waals surface area contributed by atoms with Gasteiger partial charge in [0.15, 0.2) is 0 Å². The predicted octanol–water partition coefficient (Wildman–Crippen LogP) is 5.51. The van der Waals surface area contributed by atoms with E-state index in [2.05, 4.69) is 6.92 Å². The van der Waals surface area contributed by atoms with E-state index in [-0.39, 0.29) is 29.9 Å². The van der Waals surface area contributed by atoms with E-state index in [0.29, 0.717) is 29.6 Å². The third-order valence-corrected chi connectivity index (χ3v) is 6.67. The molecule has 0 radical (unpaired) electrons. The van der Waals surface area contributed by atoms with Crippen LogP contribution in [0.25, 0.3) is 22.2 Å². The summed E-state index contributed by atoms with van der Waals surface area (Å²) in [7, 11) is 0. The quantitative estimate of drug-likeness (QED) is 0.240. The van der Waals surface area contributed by atoms with Crippen molar-refractivity contribution in [2.24, 2.45) is 0 Å². The summed E-state index contributed by atoms with van der Waals surface area (Å²) in [5, 5.41) is 9.58. The number of nitrogens with zero attached hydrogens (tertiary/aromatic N) is 2. The van der Waals surface area contributed by atoms with Crippen molar-refractivity contribution in [3.05, 3.63) is 99.0 Å². The first-order valence-electron chi connectivity index (χ1n) is 13.6. The van der Waals surface area contributed by atoms with Crippen molar-refractivity contribution in [2.75, 3.05) is 13.2 Å². The molecule has 0 saturated carbocycles. The number of hydrogen-bond donors (Lipinski definition) is 1. The number of unbranched alkanes of at least 4 members (excludes halogenated alkanes) is 1. The van der Waals surface area contributed by atoms with Gasteiger partial charge in [-0.25, -0.2) is 19.4 Å². The van der Waals surface area contributed by atoms with Crippen molar-refractivity contribution < 1.29 is 29.0 Å². The first kappa shape index (κ1) is 29.2. The predicted molar refractivity (Wildman–Crippen MR) is 154 cm³/mol. The number of hydrogen-bond acceptors (Lipinski definition) is 7. The number of aryl methyl sites for hydroxylation is 1. The minimum atomic E-state index is -1.000. The molecule has 9 nitrogen and oxygen atoms in total. The van der Waals surface area contributed by atoms with Crippen LogP contribution in [0.2, 0.25) is 0 Å². The fourth-order valence-corrected chi connectivity index (χ4v) is 4.66. The van der Waals surface area contributed by atoms with Crippen LogP contribution >= 0.6 is 0 Å². The van der Waals surface area contributed by atoms with Gasteiger partial charge in [0.2, 0.25) is 5.43 Å². The summed E-state index contributed by atoms with van der Waals surface area (Å²) >= 11 is 0. The van der Waals surface area contributed by atoms with Crippen LogP contribution < -0.4 is 5.43 Å². The molecule has 0 aliphatic rings. The highest BCUT2D eigenvalue weighted by molar-refractivity contribution is 5.99. The minimum absolute atomic E-state index is 0.0626. The number of aromatic carboxylic acids is 1. The van der Waals surface area contributed by atoms with Crippen LogP contribution in [-0.2, 0) is 22.4 Å². The fraction of sp³-hybridized carbons (Fsp3) is 0.281. The summed E-state index contributed by atoms with van der Waals surface area (Å²) < 4.78 is 12.2. The molecule has 0 aliphatic carbocycles. The monoisotopic (exact) mass is 556 g/mol. The Labute approximate surface area is 237 Å². The van der Waals surface area contributed by atoms with Gasteiger partial charge >= 0.3 is 17.9 Å². The summed E-state index contributed by atoms with van der Waals surface area (Å²) in [5.74, 6) is -1.92. The number of fused-ring (bicyclic) bond motifs is 1. The highest BCUT2D eigenvalue weighted by Gasteiger charge is 2.22. The van der Waals surface area contributed by atoms with Crippen LogP contribution in [0.3, 0.4) is 0 Å². The van der Waals surface area contributed by atoms with Gasteiger partial charge in [0.25, 0.3) is 0 Å². The van der Waals surface area contributed by atoms with E-state index in [1.807, 2.05) is 28.8 Å². The molecule has 4 rings (SSSR count). The van der Waals surface area contributed by atoms with E-state index in [0.717, 1.165) is 29.8 Å². The van der Waals surface area contributed by atoms with Crippen molar-refractivity contribution in [1.29, 1.82) is 0 Å². The van der Waals surface area contributed by atoms with Gasteiger partial charge in [0, 0.05) is 13.0 Å². The van der Waals surface area contributed by atoms with Crippen LogP contribution in [-0.4, -0.2) is 45.8 Å². The largest absolute Gasteiger partial charge is 0.478 e. The zero-order valence-corrected chi connectivity index (χ0v) is 23.3. The molecule has 0 atom stereocenters. The molecule has 41 heavy (non-hydrogen) atoms. The van der Waals surface area contributed by atoms with Crippen LogP contribution in [0.1, 0.15) is 76.1 Å². The molecule has 1 N–H and O–H groups in total. The summed E-state index contributed by atoms with van der Waals surface area (Å²) in [6.07, 6.45) is 2.44. The fourth-order valence-electron chi connectivity index (χ4n) is 4.66. The van der Waals surface area contributed by atoms with Gasteiger partial charge in [0.05, 0.1) is 29.8 Å². The zero-order chi connectivity index (χ0) is 29.5. The van der Waals surface area contributed by atoms with Crippen molar-refractivity contribution in [1.82, 2.24) is 9.55 Å². The molecule has 1 heterocycles. The Bertz CT molecular complexity index is 1660. The topological polar surface area (TPSA) is 125 Å². The molecule has 0 aliphatic heterocycles. The van der Waals surface area contributed by atoms with E-state index in [1.54, 1.807) is 38.1 Å². The van der Waals surface area contributed by atoms with Crippen molar-refractivity contribution >= 4 is 28.9 Å². The molecule has 0 saturated heterocycles. The number of benzene rings is 2. The number of aromatic nitrogens is 2. The Morgan fingerprint density at radius 2 is 1.49 bits per heavy atom. The zero-order valence-electron chi connectivity index (χ0n) is 23.3. The SMILES string of the molecule is CCCCc1nc2cc(C(=O)OCC)c(=O)c(C(=O)OCC)cc2n1Cc1ccc(-c2ccccc2C(=O)O)cc1. The lowest BCUT2D eigenvalue weighted by Crippen LogP contribution is -2.22. The number of carbonyl (C=O) groups excluding carboxylic acids is 2. The van der Waals surface area contributed by atoms with Gasteiger partial charge in [-0.1, -0.05) is 55.8 Å². The second kappa shape index (κ2) is 13.0. The van der Waals surface area contributed by atoms with Gasteiger partial charge in [0.1, 0.15) is 17.0 Å². The third kappa shape index (κ3) is 6.35. The smallest absolute Gasteiger partial charge is 0.342 e. The van der Waals surface area contributed by atoms with Gasteiger partial charge in [-0.3, -0.25) is 4.79 Å². The van der Waals surface area contributed by atoms with Crippen molar-refractivity contribution in [2.45, 2.75) is 46.6 Å². The lowest BCUT2D eigenvalue weighted by atomic mass is 9.99. The maximum atomic E-state index is 13.3. The Hall–Kier alpha value is -4.79. The molecule has 0 bridgehead atoms. The minimum Gasteiger partial charge on any atom is -0.478 e. The van der Waals surface area contributed by atoms with Crippen LogP contribution in [0.4, 0.5) is 0 Å². The molecule has 1 aromatic heterocycles. The molecule has 0 fully saturated rings. The van der Waals surface area contributed by atoms with E-state index in [4.69, 9.17) is 14.5 Å². The Morgan fingerprint density at radius 1 is 0.854 bits per heavy atom. The van der Waals surface area contributed by atoms with Gasteiger partial charge in [-0.2, -0.15) is 0 Å². The van der Waals surface area contributed by atoms with Gasteiger partial charge < -0.3 is 19.1 Å². The Balaban J connectivity index is 1.86. The van der Waals surface area contributed by atoms with E-state index >= 15 is 0 Å². The molecule has 212 valence electrons. The number of carbonyl (C=O) groups is 3. The molecule has 0 unspecified atom stereocenters. The summed E-state index contributed by atoms with van der Waals surface area (Å²) in [4.78, 5) is 55.3. The summed E-state index contributed by atoms with van der Waals surface area (Å²) in [6.45, 7) is 5.84. The first-order valence-corrected chi connectivity index (χ1v) is 13.6. The highest BCUT2D eigenvalue weighted by Crippen LogP contribution is 2.26. The number of carboxylic acids is 1. The van der Waals surface area contributed by atoms with Crippen LogP contribution in [0.15, 0.2) is 65.5 Å². The van der Waals surface area contributed by atoms with Crippen LogP contribution in [0.5, 0.6) is 0 Å². The molecule has 3 aromatic carbocycles. The molecule has 0 amide bonds. The lowest BCUT2D eigenvalue weighted by molar-refractivity contribution is 0.0522. The Kier molecular flexibility index (Phi) is 9.29. The van der Waals surface area contributed by atoms with Gasteiger partial charge in [-0.15, -0.1) is 0 Å². The second-order valence-corrected chi connectivity index (χ2v) is 9.42. The number of imidazole rings is 1. The average Bonchev–Trinajstić information content (AvgIpc) is 3.20. The highest BCUT2D eigenvalue weighted by atomic mass is 16.5. The summed E-state index contributed by atoms with van der Waals surface area (Å²) in [5.41, 5.74) is 2.06. The number of carboxylic acid groups (broad SMARTS) is 1. The Morgan fingerprint density at radius 3 is 2.10 bits per heavy atom. The number of rotatable bonds is 11. The maximum absolute atomic E-state index is 13.3. The van der Waals surface area contributed by atoms with Crippen molar-refractivity contribution in [3.8, 4) is 11.1 Å². The lowest BCUT2D eigenvalue weighted by Gasteiger charge is -2.11. The maximum Gasteiger partial charge on any atom is 0.342 e. The standard InChI is InChI=1S/C32H32N2O7/c1-4-7-12-28-33-26-17-24(31(38)40-5-2)29(35)25(32(39)41-6-3)18-27(26)34(28)19-20-13-15-21(16-14-20)22-10-8-9-11-23(22)30(36)37/h8-11,13-18H,4-7,12,19H2,1-3H3,(H,36,37). The van der Waals surface area contributed by atoms with Crippen molar-refractivity contribution in [3.63, 3.8) is 0 Å². The van der Waals surface area contributed by atoms with Gasteiger partial charge in [-0.05, 0) is 55.2 Å². The van der Waals surface area contributed by atoms with E-state index in [9.17, 15) is 24.3 Å². The summed E-state index contributed by atoms with van der Waals surface area (Å²) in [6, 6.07) is 17.2. The number of esters is 2. The molecule has 0 spiro atoms. The number of ether oxygens (including phenoxy) is 2. The van der Waals surface area contributed by atoms with E-state index < -0.39 is 23.3 Å². The normalized spacial score (nSPS) is 10.9. The van der Waals surface area contributed by atoms with E-state index in [1.165, 1.54) is 12.1 Å². The third-order valence-electron chi connectivity index (χ3n) is 6.67. The average molecular weight is 557 g/mol. The molecule has 9 heteroatoms. The molecular formula is C32H32N2O7.